The van der Waals surface area contributed by atoms with Gasteiger partial charge in [-0.25, -0.2) is 4.79 Å². The lowest BCUT2D eigenvalue weighted by Crippen LogP contribution is -2.48. The van der Waals surface area contributed by atoms with Gasteiger partial charge < -0.3 is 9.47 Å². The van der Waals surface area contributed by atoms with Crippen LogP contribution in [-0.2, 0) is 25.7 Å². The molecule has 1 aromatic carbocycles. The molecule has 1 fully saturated rings. The van der Waals surface area contributed by atoms with E-state index >= 15 is 0 Å². The second-order valence-electron chi connectivity index (χ2n) is 5.18. The van der Waals surface area contributed by atoms with E-state index in [0.29, 0.717) is 12.8 Å². The van der Waals surface area contributed by atoms with E-state index in [1.54, 1.807) is 0 Å². The van der Waals surface area contributed by atoms with Gasteiger partial charge in [0.25, 0.3) is 0 Å². The lowest BCUT2D eigenvalue weighted by Gasteiger charge is -2.33. The van der Waals surface area contributed by atoms with Crippen molar-refractivity contribution in [1.82, 2.24) is 4.90 Å². The third kappa shape index (κ3) is 4.31. The summed E-state index contributed by atoms with van der Waals surface area (Å²) in [7, 11) is 1.30. The summed E-state index contributed by atoms with van der Waals surface area (Å²) in [6.45, 7) is 0.116. The van der Waals surface area contributed by atoms with Gasteiger partial charge in [-0.3, -0.25) is 14.5 Å². The van der Waals surface area contributed by atoms with Crippen molar-refractivity contribution in [1.29, 1.82) is 0 Å². The normalized spacial score (nSPS) is 18.0. The fourth-order valence-corrected chi connectivity index (χ4v) is 2.39. The fraction of sp³-hybridized carbons (Fsp3) is 0.438. The number of carbonyl (C=O) groups excluding carboxylic acids is 3. The Hall–Kier alpha value is -2.37. The molecule has 118 valence electrons. The number of amides is 1. The van der Waals surface area contributed by atoms with E-state index in [4.69, 9.17) is 4.74 Å². The Morgan fingerprint density at radius 2 is 2.00 bits per heavy atom. The predicted molar refractivity (Wildman–Crippen MR) is 78.0 cm³/mol. The van der Waals surface area contributed by atoms with Gasteiger partial charge in [0.05, 0.1) is 20.1 Å². The molecule has 1 aromatic rings. The highest BCUT2D eigenvalue weighted by atomic mass is 16.6. The first kappa shape index (κ1) is 16.0. The molecule has 22 heavy (non-hydrogen) atoms. The molecule has 0 aromatic heterocycles. The van der Waals surface area contributed by atoms with Gasteiger partial charge in [0, 0.05) is 12.5 Å². The Morgan fingerprint density at radius 3 is 2.68 bits per heavy atom. The Balaban J connectivity index is 1.96. The predicted octanol–water partition coefficient (Wildman–Crippen LogP) is 1.92. The fourth-order valence-electron chi connectivity index (χ4n) is 2.39. The zero-order valence-corrected chi connectivity index (χ0v) is 12.5. The zero-order valence-electron chi connectivity index (χ0n) is 12.5. The van der Waals surface area contributed by atoms with Crippen LogP contribution in [0.25, 0.3) is 0 Å². The minimum absolute atomic E-state index is 0.0186. The van der Waals surface area contributed by atoms with Gasteiger partial charge in [0.1, 0.15) is 6.61 Å². The monoisotopic (exact) mass is 305 g/mol. The first-order chi connectivity index (χ1) is 10.6. The van der Waals surface area contributed by atoms with Crippen LogP contribution in [0.15, 0.2) is 30.3 Å². The number of carbonyl (C=O) groups is 3. The Morgan fingerprint density at radius 1 is 1.27 bits per heavy atom. The number of piperidine rings is 1. The van der Waals surface area contributed by atoms with Crippen molar-refractivity contribution in [2.45, 2.75) is 31.9 Å². The average molecular weight is 305 g/mol. The summed E-state index contributed by atoms with van der Waals surface area (Å²) in [5.74, 6) is -0.432. The summed E-state index contributed by atoms with van der Waals surface area (Å²) in [6.07, 6.45) is 0.314. The molecule has 0 bridgehead atoms. The molecule has 0 spiro atoms. The van der Waals surface area contributed by atoms with E-state index in [-0.39, 0.29) is 31.4 Å². The molecule has 0 aliphatic carbocycles. The van der Waals surface area contributed by atoms with Crippen LogP contribution in [0.1, 0.15) is 24.8 Å². The molecule has 1 aliphatic rings. The lowest BCUT2D eigenvalue weighted by atomic mass is 9.99. The molecule has 2 rings (SSSR count). The molecule has 6 nitrogen and oxygen atoms in total. The number of likely N-dealkylation sites (tertiary alicyclic amines) is 1. The van der Waals surface area contributed by atoms with Gasteiger partial charge in [-0.2, -0.15) is 0 Å². The maximum Gasteiger partial charge on any atom is 0.410 e. The van der Waals surface area contributed by atoms with E-state index in [1.807, 2.05) is 30.3 Å². The Bertz CT molecular complexity index is 543. The van der Waals surface area contributed by atoms with Crippen LogP contribution in [0.4, 0.5) is 4.79 Å². The van der Waals surface area contributed by atoms with Crippen LogP contribution in [0.2, 0.25) is 0 Å². The van der Waals surface area contributed by atoms with Gasteiger partial charge in [-0.05, 0) is 12.0 Å². The van der Waals surface area contributed by atoms with E-state index in [2.05, 4.69) is 4.74 Å². The summed E-state index contributed by atoms with van der Waals surface area (Å²) < 4.78 is 9.88. The maximum absolute atomic E-state index is 12.2. The van der Waals surface area contributed by atoms with Crippen molar-refractivity contribution in [3.63, 3.8) is 0 Å². The highest BCUT2D eigenvalue weighted by Gasteiger charge is 2.33. The van der Waals surface area contributed by atoms with Gasteiger partial charge in [0.15, 0.2) is 5.78 Å². The van der Waals surface area contributed by atoms with E-state index < -0.39 is 12.1 Å². The van der Waals surface area contributed by atoms with Crippen LogP contribution in [-0.4, -0.2) is 42.4 Å². The minimum atomic E-state index is -0.578. The molecule has 1 saturated heterocycles. The topological polar surface area (TPSA) is 72.9 Å². The van der Waals surface area contributed by atoms with E-state index in [1.165, 1.54) is 12.0 Å². The van der Waals surface area contributed by atoms with Crippen LogP contribution in [0.3, 0.4) is 0 Å². The third-order valence-corrected chi connectivity index (χ3v) is 3.61. The van der Waals surface area contributed by atoms with E-state index in [0.717, 1.165) is 5.56 Å². The first-order valence-electron chi connectivity index (χ1n) is 7.16. The van der Waals surface area contributed by atoms with Gasteiger partial charge in [-0.15, -0.1) is 0 Å². The summed E-state index contributed by atoms with van der Waals surface area (Å²) >= 11 is 0. The first-order valence-corrected chi connectivity index (χ1v) is 7.16. The highest BCUT2D eigenvalue weighted by Crippen LogP contribution is 2.19. The molecule has 0 N–H and O–H groups in total. The summed E-state index contributed by atoms with van der Waals surface area (Å²) in [5.41, 5.74) is 0.865. The Labute approximate surface area is 129 Å². The second-order valence-corrected chi connectivity index (χ2v) is 5.18. The molecule has 6 heteroatoms. The standard InChI is InChI=1S/C16H19NO5/c1-21-15(19)9-13-7-8-14(18)10-17(13)16(20)22-11-12-5-3-2-4-6-12/h2-6,13H,7-11H2,1H3. The molecule has 0 radical (unpaired) electrons. The van der Waals surface area contributed by atoms with Crippen molar-refractivity contribution in [2.75, 3.05) is 13.7 Å². The van der Waals surface area contributed by atoms with Crippen LogP contribution >= 0.6 is 0 Å². The molecule has 0 saturated carbocycles. The Kier molecular flexibility index (Phi) is 5.52. The van der Waals surface area contributed by atoms with Crippen LogP contribution in [0, 0.1) is 0 Å². The number of nitrogens with zero attached hydrogens (tertiary/aromatic N) is 1. The number of benzene rings is 1. The lowest BCUT2D eigenvalue weighted by molar-refractivity contribution is -0.143. The number of methoxy groups -OCH3 is 1. The zero-order chi connectivity index (χ0) is 15.9. The molecule has 1 aliphatic heterocycles. The number of esters is 1. The van der Waals surface area contributed by atoms with Crippen molar-refractivity contribution < 1.29 is 23.9 Å². The summed E-state index contributed by atoms with van der Waals surface area (Å²) in [5, 5.41) is 0. The minimum Gasteiger partial charge on any atom is -0.469 e. The smallest absolute Gasteiger partial charge is 0.410 e. The van der Waals surface area contributed by atoms with Gasteiger partial charge >= 0.3 is 12.1 Å². The van der Waals surface area contributed by atoms with Crippen LogP contribution < -0.4 is 0 Å². The number of hydrogen-bond acceptors (Lipinski definition) is 5. The number of hydrogen-bond donors (Lipinski definition) is 0. The average Bonchev–Trinajstić information content (AvgIpc) is 2.55. The highest BCUT2D eigenvalue weighted by molar-refractivity contribution is 5.86. The SMILES string of the molecule is COC(=O)CC1CCC(=O)CN1C(=O)OCc1ccccc1. The van der Waals surface area contributed by atoms with Crippen molar-refractivity contribution in [3.8, 4) is 0 Å². The molecular formula is C16H19NO5. The summed E-state index contributed by atoms with van der Waals surface area (Å²) in [4.78, 5) is 36.5. The molecular weight excluding hydrogens is 286 g/mol. The largest absolute Gasteiger partial charge is 0.469 e. The quantitative estimate of drug-likeness (QED) is 0.795. The van der Waals surface area contributed by atoms with E-state index in [9.17, 15) is 14.4 Å². The van der Waals surface area contributed by atoms with Crippen LogP contribution in [0.5, 0.6) is 0 Å². The number of ether oxygens (including phenoxy) is 2. The summed E-state index contributed by atoms with van der Waals surface area (Å²) in [6, 6.07) is 8.93. The molecule has 1 heterocycles. The van der Waals surface area contributed by atoms with Crippen molar-refractivity contribution >= 4 is 17.8 Å². The van der Waals surface area contributed by atoms with Crippen molar-refractivity contribution in [2.24, 2.45) is 0 Å². The van der Waals surface area contributed by atoms with Crippen molar-refractivity contribution in [3.05, 3.63) is 35.9 Å². The third-order valence-electron chi connectivity index (χ3n) is 3.61. The maximum atomic E-state index is 12.2. The number of Topliss-reactive ketones (excluding diaryl/α,β-unsaturated/α-hetero) is 1. The number of ketones is 1. The molecule has 1 amide bonds. The molecule has 1 atom stereocenters. The number of rotatable bonds is 4. The van der Waals surface area contributed by atoms with Gasteiger partial charge in [0.2, 0.25) is 0 Å². The second kappa shape index (κ2) is 7.59. The van der Waals surface area contributed by atoms with Gasteiger partial charge in [-0.1, -0.05) is 30.3 Å². The molecule has 1 unspecified atom stereocenters.